The second-order valence-electron chi connectivity index (χ2n) is 6.50. The summed E-state index contributed by atoms with van der Waals surface area (Å²) in [5.41, 5.74) is 2.39. The molecule has 27 heavy (non-hydrogen) atoms. The maximum Gasteiger partial charge on any atom is 0.344 e. The molecule has 0 heterocycles. The van der Waals surface area contributed by atoms with Crippen LogP contribution in [0.25, 0.3) is 0 Å². The van der Waals surface area contributed by atoms with Gasteiger partial charge in [-0.15, -0.1) is 0 Å². The molecule has 142 valence electrons. The lowest BCUT2D eigenvalue weighted by atomic mass is 9.87. The van der Waals surface area contributed by atoms with Crippen molar-refractivity contribution in [3.8, 4) is 5.75 Å². The van der Waals surface area contributed by atoms with Gasteiger partial charge < -0.3 is 14.8 Å². The number of ether oxygens (including phenoxy) is 2. The molecule has 6 heteroatoms. The zero-order valence-corrected chi connectivity index (χ0v) is 15.9. The zero-order valence-electron chi connectivity index (χ0n) is 15.1. The van der Waals surface area contributed by atoms with Crippen LogP contribution in [0, 0.1) is 0 Å². The molecule has 0 unspecified atom stereocenters. The SMILES string of the molecule is C[C@@H](OC(=O)COc1ccccc1Cl)C(=O)N[C@@H]1CCCc2ccccc21. The number of benzene rings is 2. The minimum Gasteiger partial charge on any atom is -0.480 e. The number of halogens is 1. The Labute approximate surface area is 163 Å². The summed E-state index contributed by atoms with van der Waals surface area (Å²) in [7, 11) is 0. The smallest absolute Gasteiger partial charge is 0.344 e. The fourth-order valence-electron chi connectivity index (χ4n) is 3.18. The highest BCUT2D eigenvalue weighted by Crippen LogP contribution is 2.29. The molecule has 0 spiro atoms. The summed E-state index contributed by atoms with van der Waals surface area (Å²) in [5, 5.41) is 3.39. The standard InChI is InChI=1S/C21H22ClNO4/c1-14(27-20(24)13-26-19-12-5-4-10-17(19)22)21(25)23-18-11-6-8-15-7-2-3-9-16(15)18/h2-5,7,9-10,12,14,18H,6,8,11,13H2,1H3,(H,23,25)/t14-,18-/m1/s1. The number of esters is 1. The highest BCUT2D eigenvalue weighted by atomic mass is 35.5. The molecule has 0 aromatic heterocycles. The van der Waals surface area contributed by atoms with Crippen LogP contribution in [0.1, 0.15) is 36.9 Å². The van der Waals surface area contributed by atoms with Crippen LogP contribution in [-0.4, -0.2) is 24.6 Å². The number of hydrogen-bond donors (Lipinski definition) is 1. The minimum atomic E-state index is -0.901. The van der Waals surface area contributed by atoms with Gasteiger partial charge >= 0.3 is 5.97 Å². The summed E-state index contributed by atoms with van der Waals surface area (Å²) in [6.45, 7) is 1.24. The first-order chi connectivity index (χ1) is 13.0. The van der Waals surface area contributed by atoms with E-state index in [0.29, 0.717) is 10.8 Å². The van der Waals surface area contributed by atoms with Gasteiger partial charge in [-0.3, -0.25) is 4.79 Å². The maximum atomic E-state index is 12.4. The van der Waals surface area contributed by atoms with Crippen molar-refractivity contribution in [2.45, 2.75) is 38.3 Å². The van der Waals surface area contributed by atoms with E-state index in [1.807, 2.05) is 18.2 Å². The molecule has 2 atom stereocenters. The second-order valence-corrected chi connectivity index (χ2v) is 6.91. The number of aryl methyl sites for hydroxylation is 1. The summed E-state index contributed by atoms with van der Waals surface area (Å²) in [5.74, 6) is -0.545. The third-order valence-corrected chi connectivity index (χ3v) is 4.86. The molecule has 3 rings (SSSR count). The predicted octanol–water partition coefficient (Wildman–Crippen LogP) is 3.84. The van der Waals surface area contributed by atoms with Gasteiger partial charge in [-0.05, 0) is 49.4 Å². The number of nitrogens with one attached hydrogen (secondary N) is 1. The number of carbonyl (C=O) groups is 2. The van der Waals surface area contributed by atoms with Gasteiger partial charge in [-0.1, -0.05) is 48.0 Å². The average Bonchev–Trinajstić information content (AvgIpc) is 2.67. The number of para-hydroxylation sites is 1. The van der Waals surface area contributed by atoms with Crippen LogP contribution in [0.4, 0.5) is 0 Å². The van der Waals surface area contributed by atoms with Crippen LogP contribution >= 0.6 is 11.6 Å². The van der Waals surface area contributed by atoms with Gasteiger partial charge in [0.2, 0.25) is 0 Å². The summed E-state index contributed by atoms with van der Waals surface area (Å²) in [4.78, 5) is 24.4. The molecule has 0 fully saturated rings. The lowest BCUT2D eigenvalue weighted by molar-refractivity contribution is -0.156. The minimum absolute atomic E-state index is 0.0528. The van der Waals surface area contributed by atoms with E-state index in [0.717, 1.165) is 24.8 Å². The summed E-state index contributed by atoms with van der Waals surface area (Å²) >= 11 is 5.97. The van der Waals surface area contributed by atoms with E-state index < -0.39 is 12.1 Å². The highest BCUT2D eigenvalue weighted by molar-refractivity contribution is 6.32. The monoisotopic (exact) mass is 387 g/mol. The van der Waals surface area contributed by atoms with E-state index in [9.17, 15) is 9.59 Å². The Kier molecular flexibility index (Phi) is 6.35. The van der Waals surface area contributed by atoms with Crippen LogP contribution in [0.5, 0.6) is 5.75 Å². The molecule has 0 bridgehead atoms. The molecule has 0 saturated heterocycles. The Balaban J connectivity index is 1.51. The number of amides is 1. The number of hydrogen-bond acceptors (Lipinski definition) is 4. The molecule has 2 aromatic carbocycles. The van der Waals surface area contributed by atoms with Gasteiger partial charge in [0.25, 0.3) is 5.91 Å². The van der Waals surface area contributed by atoms with Crippen LogP contribution in [0.3, 0.4) is 0 Å². The molecule has 1 aliphatic rings. The van der Waals surface area contributed by atoms with Crippen molar-refractivity contribution in [3.05, 3.63) is 64.7 Å². The Morgan fingerprint density at radius 2 is 1.93 bits per heavy atom. The van der Waals surface area contributed by atoms with Gasteiger partial charge in [0, 0.05) is 0 Å². The van der Waals surface area contributed by atoms with Gasteiger partial charge in [-0.25, -0.2) is 4.79 Å². The van der Waals surface area contributed by atoms with E-state index in [1.165, 1.54) is 5.56 Å². The van der Waals surface area contributed by atoms with Gasteiger partial charge in [0.15, 0.2) is 12.7 Å². The first kappa shape index (κ1) is 19.2. The molecule has 0 radical (unpaired) electrons. The van der Waals surface area contributed by atoms with E-state index in [4.69, 9.17) is 21.1 Å². The van der Waals surface area contributed by atoms with Crippen molar-refractivity contribution < 1.29 is 19.1 Å². The molecule has 1 aliphatic carbocycles. The fourth-order valence-corrected chi connectivity index (χ4v) is 3.37. The number of fused-ring (bicyclic) bond motifs is 1. The van der Waals surface area contributed by atoms with Crippen LogP contribution in [0.2, 0.25) is 5.02 Å². The van der Waals surface area contributed by atoms with Gasteiger partial charge in [0.1, 0.15) is 5.75 Å². The largest absolute Gasteiger partial charge is 0.480 e. The van der Waals surface area contributed by atoms with Crippen molar-refractivity contribution >= 4 is 23.5 Å². The van der Waals surface area contributed by atoms with Crippen LogP contribution in [-0.2, 0) is 20.7 Å². The second kappa shape index (κ2) is 8.91. The van der Waals surface area contributed by atoms with Crippen LogP contribution < -0.4 is 10.1 Å². The fraction of sp³-hybridized carbons (Fsp3) is 0.333. The van der Waals surface area contributed by atoms with E-state index in [1.54, 1.807) is 31.2 Å². The Hall–Kier alpha value is -2.53. The Bertz CT molecular complexity index is 823. The number of rotatable bonds is 6. The topological polar surface area (TPSA) is 64.6 Å². The van der Waals surface area contributed by atoms with Crippen molar-refractivity contribution in [1.82, 2.24) is 5.32 Å². The first-order valence-corrected chi connectivity index (χ1v) is 9.37. The van der Waals surface area contributed by atoms with E-state index in [-0.39, 0.29) is 18.6 Å². The normalized spacial score (nSPS) is 16.7. The van der Waals surface area contributed by atoms with Gasteiger partial charge in [0.05, 0.1) is 11.1 Å². The van der Waals surface area contributed by atoms with E-state index in [2.05, 4.69) is 11.4 Å². The lowest BCUT2D eigenvalue weighted by Gasteiger charge is -2.27. The molecule has 0 aliphatic heterocycles. The van der Waals surface area contributed by atoms with Crippen molar-refractivity contribution in [1.29, 1.82) is 0 Å². The third-order valence-electron chi connectivity index (χ3n) is 4.55. The predicted molar refractivity (Wildman–Crippen MR) is 103 cm³/mol. The molecule has 1 amide bonds. The summed E-state index contributed by atoms with van der Waals surface area (Å²) in [6.07, 6.45) is 2.01. The number of carbonyl (C=O) groups excluding carboxylic acids is 2. The molecular formula is C21H22ClNO4. The van der Waals surface area contributed by atoms with Crippen LogP contribution in [0.15, 0.2) is 48.5 Å². The lowest BCUT2D eigenvalue weighted by Crippen LogP contribution is -2.39. The zero-order chi connectivity index (χ0) is 19.2. The summed E-state index contributed by atoms with van der Waals surface area (Å²) in [6, 6.07) is 14.9. The molecular weight excluding hydrogens is 366 g/mol. The molecule has 2 aromatic rings. The third kappa shape index (κ3) is 5.01. The van der Waals surface area contributed by atoms with Crippen molar-refractivity contribution in [3.63, 3.8) is 0 Å². The Morgan fingerprint density at radius 1 is 1.19 bits per heavy atom. The molecule has 1 N–H and O–H groups in total. The Morgan fingerprint density at radius 3 is 2.74 bits per heavy atom. The van der Waals surface area contributed by atoms with Gasteiger partial charge in [-0.2, -0.15) is 0 Å². The van der Waals surface area contributed by atoms with E-state index >= 15 is 0 Å². The van der Waals surface area contributed by atoms with Crippen molar-refractivity contribution in [2.75, 3.05) is 6.61 Å². The molecule has 0 saturated carbocycles. The maximum absolute atomic E-state index is 12.4. The van der Waals surface area contributed by atoms with Crippen molar-refractivity contribution in [2.24, 2.45) is 0 Å². The quantitative estimate of drug-likeness (QED) is 0.765. The summed E-state index contributed by atoms with van der Waals surface area (Å²) < 4.78 is 10.5. The average molecular weight is 388 g/mol. The highest BCUT2D eigenvalue weighted by Gasteiger charge is 2.25. The first-order valence-electron chi connectivity index (χ1n) is 8.99. The molecule has 5 nitrogen and oxygen atoms in total.